The fourth-order valence-electron chi connectivity index (χ4n) is 1.41. The van der Waals surface area contributed by atoms with Crippen molar-refractivity contribution in [3.63, 3.8) is 0 Å². The lowest BCUT2D eigenvalue weighted by Crippen LogP contribution is -2.22. The SMILES string of the molecule is CCOCCNC(C)c1ccc(CC)s1. The van der Waals surface area contributed by atoms with Gasteiger partial charge in [0.25, 0.3) is 0 Å². The second kappa shape index (κ2) is 6.99. The summed E-state index contributed by atoms with van der Waals surface area (Å²) in [6.07, 6.45) is 1.14. The van der Waals surface area contributed by atoms with Gasteiger partial charge in [-0.15, -0.1) is 11.3 Å². The molecule has 1 aromatic rings. The smallest absolute Gasteiger partial charge is 0.0590 e. The average molecular weight is 227 g/mol. The summed E-state index contributed by atoms with van der Waals surface area (Å²) in [6.45, 7) is 8.95. The van der Waals surface area contributed by atoms with Crippen LogP contribution in [0.5, 0.6) is 0 Å². The molecule has 1 heterocycles. The fraction of sp³-hybridized carbons (Fsp3) is 0.667. The molecule has 15 heavy (non-hydrogen) atoms. The summed E-state index contributed by atoms with van der Waals surface area (Å²) >= 11 is 1.90. The van der Waals surface area contributed by atoms with E-state index in [1.807, 2.05) is 18.3 Å². The van der Waals surface area contributed by atoms with Crippen LogP contribution in [0.3, 0.4) is 0 Å². The summed E-state index contributed by atoms with van der Waals surface area (Å²) in [5.74, 6) is 0. The summed E-state index contributed by atoms with van der Waals surface area (Å²) in [5, 5.41) is 3.46. The van der Waals surface area contributed by atoms with Crippen LogP contribution in [0.1, 0.15) is 36.6 Å². The molecule has 0 aliphatic heterocycles. The second-order valence-electron chi connectivity index (χ2n) is 3.53. The molecule has 0 radical (unpaired) electrons. The Kier molecular flexibility index (Phi) is 5.91. The first kappa shape index (κ1) is 12.7. The number of thiophene rings is 1. The summed E-state index contributed by atoms with van der Waals surface area (Å²) in [4.78, 5) is 2.88. The Morgan fingerprint density at radius 3 is 2.80 bits per heavy atom. The predicted octanol–water partition coefficient (Wildman–Crippen LogP) is 3.00. The van der Waals surface area contributed by atoms with Gasteiger partial charge in [-0.05, 0) is 32.4 Å². The van der Waals surface area contributed by atoms with E-state index in [9.17, 15) is 0 Å². The lowest BCUT2D eigenvalue weighted by atomic mass is 10.2. The van der Waals surface area contributed by atoms with Crippen LogP contribution in [-0.2, 0) is 11.2 Å². The number of hydrogen-bond acceptors (Lipinski definition) is 3. The third kappa shape index (κ3) is 4.33. The van der Waals surface area contributed by atoms with Crippen LogP contribution < -0.4 is 5.32 Å². The van der Waals surface area contributed by atoms with Crippen molar-refractivity contribution in [3.8, 4) is 0 Å². The molecule has 0 saturated carbocycles. The van der Waals surface area contributed by atoms with Gasteiger partial charge in [-0.1, -0.05) is 6.92 Å². The maximum absolute atomic E-state index is 5.29. The zero-order valence-electron chi connectivity index (χ0n) is 9.88. The topological polar surface area (TPSA) is 21.3 Å². The monoisotopic (exact) mass is 227 g/mol. The lowest BCUT2D eigenvalue weighted by Gasteiger charge is -2.11. The number of rotatable bonds is 7. The van der Waals surface area contributed by atoms with E-state index in [-0.39, 0.29) is 0 Å². The first-order valence-corrected chi connectivity index (χ1v) is 6.49. The Hall–Kier alpha value is -0.380. The third-order valence-electron chi connectivity index (χ3n) is 2.36. The van der Waals surface area contributed by atoms with Gasteiger partial charge in [0.15, 0.2) is 0 Å². The Morgan fingerprint density at radius 2 is 2.20 bits per heavy atom. The first-order valence-electron chi connectivity index (χ1n) is 5.67. The number of ether oxygens (including phenoxy) is 1. The maximum Gasteiger partial charge on any atom is 0.0590 e. The Morgan fingerprint density at radius 1 is 1.40 bits per heavy atom. The molecule has 0 amide bonds. The molecule has 0 spiro atoms. The van der Waals surface area contributed by atoms with Crippen molar-refractivity contribution in [1.82, 2.24) is 5.32 Å². The molecule has 1 atom stereocenters. The van der Waals surface area contributed by atoms with Crippen LogP contribution in [0.15, 0.2) is 12.1 Å². The molecule has 0 saturated heterocycles. The van der Waals surface area contributed by atoms with Gasteiger partial charge in [0, 0.05) is 28.9 Å². The van der Waals surface area contributed by atoms with E-state index >= 15 is 0 Å². The summed E-state index contributed by atoms with van der Waals surface area (Å²) in [5.41, 5.74) is 0. The van der Waals surface area contributed by atoms with Crippen LogP contribution in [0.2, 0.25) is 0 Å². The van der Waals surface area contributed by atoms with Crippen LogP contribution in [0, 0.1) is 0 Å². The standard InChI is InChI=1S/C12H21NOS/c1-4-11-6-7-12(15-11)10(3)13-8-9-14-5-2/h6-7,10,13H,4-5,8-9H2,1-3H3. The minimum absolute atomic E-state index is 0.441. The fourth-order valence-corrected chi connectivity index (χ4v) is 2.39. The number of nitrogens with one attached hydrogen (secondary N) is 1. The average Bonchev–Trinajstić information content (AvgIpc) is 2.72. The molecule has 2 nitrogen and oxygen atoms in total. The molecule has 0 aromatic carbocycles. The van der Waals surface area contributed by atoms with Gasteiger partial charge < -0.3 is 10.1 Å². The van der Waals surface area contributed by atoms with Crippen LogP contribution in [-0.4, -0.2) is 19.8 Å². The minimum Gasteiger partial charge on any atom is -0.380 e. The Labute approximate surface area is 96.7 Å². The first-order chi connectivity index (χ1) is 7.27. The molecule has 1 rings (SSSR count). The zero-order chi connectivity index (χ0) is 11.1. The van der Waals surface area contributed by atoms with E-state index in [2.05, 4.69) is 31.3 Å². The van der Waals surface area contributed by atoms with Crippen molar-refractivity contribution in [2.24, 2.45) is 0 Å². The van der Waals surface area contributed by atoms with Gasteiger partial charge in [0.2, 0.25) is 0 Å². The highest BCUT2D eigenvalue weighted by atomic mass is 32.1. The molecule has 0 bridgehead atoms. The lowest BCUT2D eigenvalue weighted by molar-refractivity contribution is 0.147. The van der Waals surface area contributed by atoms with E-state index in [1.54, 1.807) is 0 Å². The van der Waals surface area contributed by atoms with Crippen LogP contribution >= 0.6 is 11.3 Å². The van der Waals surface area contributed by atoms with E-state index in [4.69, 9.17) is 4.74 Å². The summed E-state index contributed by atoms with van der Waals surface area (Å²) < 4.78 is 5.29. The van der Waals surface area contributed by atoms with Crippen molar-refractivity contribution in [2.45, 2.75) is 33.2 Å². The Balaban J connectivity index is 2.29. The van der Waals surface area contributed by atoms with Crippen molar-refractivity contribution in [3.05, 3.63) is 21.9 Å². The van der Waals surface area contributed by atoms with Crippen molar-refractivity contribution >= 4 is 11.3 Å². The molecule has 3 heteroatoms. The van der Waals surface area contributed by atoms with Gasteiger partial charge >= 0.3 is 0 Å². The highest BCUT2D eigenvalue weighted by Crippen LogP contribution is 2.23. The van der Waals surface area contributed by atoms with E-state index in [0.29, 0.717) is 6.04 Å². The molecule has 0 fully saturated rings. The molecule has 1 aromatic heterocycles. The quantitative estimate of drug-likeness (QED) is 0.723. The summed E-state index contributed by atoms with van der Waals surface area (Å²) in [7, 11) is 0. The van der Waals surface area contributed by atoms with E-state index in [1.165, 1.54) is 9.75 Å². The second-order valence-corrected chi connectivity index (χ2v) is 4.73. The molecule has 1 unspecified atom stereocenters. The van der Waals surface area contributed by atoms with Gasteiger partial charge in [-0.3, -0.25) is 0 Å². The van der Waals surface area contributed by atoms with Crippen LogP contribution in [0.25, 0.3) is 0 Å². The Bertz CT molecular complexity index is 272. The normalized spacial score (nSPS) is 13.0. The van der Waals surface area contributed by atoms with E-state index in [0.717, 1.165) is 26.2 Å². The van der Waals surface area contributed by atoms with E-state index < -0.39 is 0 Å². The number of hydrogen-bond donors (Lipinski definition) is 1. The zero-order valence-corrected chi connectivity index (χ0v) is 10.7. The molecule has 86 valence electrons. The molecule has 1 N–H and O–H groups in total. The van der Waals surface area contributed by atoms with Crippen molar-refractivity contribution in [2.75, 3.05) is 19.8 Å². The predicted molar refractivity (Wildman–Crippen MR) is 66.6 cm³/mol. The molecular formula is C12H21NOS. The van der Waals surface area contributed by atoms with Gasteiger partial charge in [0.1, 0.15) is 0 Å². The van der Waals surface area contributed by atoms with Crippen molar-refractivity contribution < 1.29 is 4.74 Å². The van der Waals surface area contributed by atoms with Gasteiger partial charge in [-0.2, -0.15) is 0 Å². The number of aryl methyl sites for hydroxylation is 1. The summed E-state index contributed by atoms with van der Waals surface area (Å²) in [6, 6.07) is 4.89. The minimum atomic E-state index is 0.441. The largest absolute Gasteiger partial charge is 0.380 e. The van der Waals surface area contributed by atoms with Crippen molar-refractivity contribution in [1.29, 1.82) is 0 Å². The maximum atomic E-state index is 5.29. The molecule has 0 aliphatic rings. The van der Waals surface area contributed by atoms with Crippen LogP contribution in [0.4, 0.5) is 0 Å². The highest BCUT2D eigenvalue weighted by Gasteiger charge is 2.06. The van der Waals surface area contributed by atoms with Gasteiger partial charge in [0.05, 0.1) is 6.61 Å². The molecular weight excluding hydrogens is 206 g/mol. The van der Waals surface area contributed by atoms with Gasteiger partial charge in [-0.25, -0.2) is 0 Å². The third-order valence-corrected chi connectivity index (χ3v) is 3.77. The molecule has 0 aliphatic carbocycles. The highest BCUT2D eigenvalue weighted by molar-refractivity contribution is 7.12.